The third kappa shape index (κ3) is 4.75. The zero-order chi connectivity index (χ0) is 19.4. The Morgan fingerprint density at radius 1 is 1.26 bits per heavy atom. The number of rotatable bonds is 7. The number of carbonyl (C=O) groups excluding carboxylic acids is 1. The molecule has 1 amide bonds. The first-order valence-electron chi connectivity index (χ1n) is 7.78. The number of nitrogens with one attached hydrogen (secondary N) is 2. The summed E-state index contributed by atoms with van der Waals surface area (Å²) in [5, 5.41) is 12.1. The van der Waals surface area contributed by atoms with Gasteiger partial charge in [-0.05, 0) is 35.7 Å². The minimum atomic E-state index is -3.49. The number of nitrogens with zero attached hydrogens (tertiary/aromatic N) is 3. The predicted molar refractivity (Wildman–Crippen MR) is 106 cm³/mol. The van der Waals surface area contributed by atoms with Crippen molar-refractivity contribution >= 4 is 44.7 Å². The van der Waals surface area contributed by atoms with Gasteiger partial charge in [0.1, 0.15) is 0 Å². The van der Waals surface area contributed by atoms with E-state index in [4.69, 9.17) is 0 Å². The SMILES string of the molecule is CN(C)S(=O)(=O)c1ccc(NC(=O)CSc2n[nH]c(-c3cccs3)n2)cc1. The molecule has 0 radical (unpaired) electrons. The number of aromatic amines is 1. The van der Waals surface area contributed by atoms with Crippen molar-refractivity contribution < 1.29 is 13.2 Å². The first-order valence-corrected chi connectivity index (χ1v) is 11.1. The quantitative estimate of drug-likeness (QED) is 0.565. The summed E-state index contributed by atoms with van der Waals surface area (Å²) in [6.45, 7) is 0. The minimum absolute atomic E-state index is 0.138. The van der Waals surface area contributed by atoms with Crippen LogP contribution >= 0.6 is 23.1 Å². The second-order valence-corrected chi connectivity index (χ2v) is 9.63. The van der Waals surface area contributed by atoms with E-state index in [2.05, 4.69) is 20.5 Å². The van der Waals surface area contributed by atoms with Gasteiger partial charge in [-0.15, -0.1) is 16.4 Å². The van der Waals surface area contributed by atoms with Gasteiger partial charge in [-0.2, -0.15) is 0 Å². The number of carbonyl (C=O) groups is 1. The van der Waals surface area contributed by atoms with E-state index in [1.54, 1.807) is 23.5 Å². The summed E-state index contributed by atoms with van der Waals surface area (Å²) in [5.41, 5.74) is 0.521. The highest BCUT2D eigenvalue weighted by Gasteiger charge is 2.17. The Morgan fingerprint density at radius 2 is 2.00 bits per heavy atom. The second-order valence-electron chi connectivity index (χ2n) is 5.59. The number of hydrogen-bond donors (Lipinski definition) is 2. The number of thioether (sulfide) groups is 1. The number of hydrogen-bond acceptors (Lipinski definition) is 7. The Labute approximate surface area is 165 Å². The Bertz CT molecular complexity index is 1010. The molecule has 0 fully saturated rings. The predicted octanol–water partition coefficient (Wildman–Crippen LogP) is 2.51. The van der Waals surface area contributed by atoms with E-state index in [1.807, 2.05) is 17.5 Å². The summed E-state index contributed by atoms with van der Waals surface area (Å²) in [5.74, 6) is 0.579. The molecule has 0 bridgehead atoms. The molecule has 2 aromatic heterocycles. The second kappa shape index (κ2) is 8.21. The lowest BCUT2D eigenvalue weighted by Gasteiger charge is -2.11. The molecule has 0 aliphatic heterocycles. The van der Waals surface area contributed by atoms with Crippen LogP contribution in [0.1, 0.15) is 0 Å². The summed E-state index contributed by atoms with van der Waals surface area (Å²) in [6.07, 6.45) is 0. The van der Waals surface area contributed by atoms with E-state index >= 15 is 0 Å². The molecule has 0 atom stereocenters. The molecule has 11 heteroatoms. The van der Waals surface area contributed by atoms with Gasteiger partial charge in [0, 0.05) is 19.8 Å². The molecule has 0 aliphatic carbocycles. The number of sulfonamides is 1. The average molecular weight is 424 g/mol. The fraction of sp³-hybridized carbons (Fsp3) is 0.188. The Hall–Kier alpha value is -2.21. The lowest BCUT2D eigenvalue weighted by Crippen LogP contribution is -2.22. The molecule has 27 heavy (non-hydrogen) atoms. The molecule has 2 N–H and O–H groups in total. The van der Waals surface area contributed by atoms with E-state index in [1.165, 1.54) is 38.0 Å². The van der Waals surface area contributed by atoms with Gasteiger partial charge in [-0.1, -0.05) is 17.8 Å². The van der Waals surface area contributed by atoms with Crippen LogP contribution in [0.25, 0.3) is 10.7 Å². The van der Waals surface area contributed by atoms with Gasteiger partial charge < -0.3 is 5.32 Å². The van der Waals surface area contributed by atoms with Crippen molar-refractivity contribution in [3.63, 3.8) is 0 Å². The molecule has 8 nitrogen and oxygen atoms in total. The number of amides is 1. The van der Waals surface area contributed by atoms with Gasteiger partial charge in [-0.3, -0.25) is 9.89 Å². The molecule has 0 aliphatic rings. The van der Waals surface area contributed by atoms with Gasteiger partial charge in [0.2, 0.25) is 21.1 Å². The van der Waals surface area contributed by atoms with E-state index in [-0.39, 0.29) is 16.6 Å². The fourth-order valence-corrected chi connectivity index (χ4v) is 4.25. The smallest absolute Gasteiger partial charge is 0.242 e. The van der Waals surface area contributed by atoms with Crippen molar-refractivity contribution in [2.24, 2.45) is 0 Å². The van der Waals surface area contributed by atoms with Crippen LogP contribution in [0.4, 0.5) is 5.69 Å². The number of H-pyrrole nitrogens is 1. The topological polar surface area (TPSA) is 108 Å². The van der Waals surface area contributed by atoms with Gasteiger partial charge >= 0.3 is 0 Å². The number of benzene rings is 1. The number of anilines is 1. The van der Waals surface area contributed by atoms with Crippen molar-refractivity contribution in [3.8, 4) is 10.7 Å². The van der Waals surface area contributed by atoms with Crippen molar-refractivity contribution in [3.05, 3.63) is 41.8 Å². The van der Waals surface area contributed by atoms with Crippen LogP contribution in [0, 0.1) is 0 Å². The van der Waals surface area contributed by atoms with E-state index in [9.17, 15) is 13.2 Å². The van der Waals surface area contributed by atoms with Gasteiger partial charge in [0.15, 0.2) is 5.82 Å². The van der Waals surface area contributed by atoms with Crippen molar-refractivity contribution in [2.45, 2.75) is 10.1 Å². The maximum atomic E-state index is 12.1. The zero-order valence-corrected chi connectivity index (χ0v) is 17.0. The molecule has 3 aromatic rings. The maximum absolute atomic E-state index is 12.1. The summed E-state index contributed by atoms with van der Waals surface area (Å²) in [6, 6.07) is 9.90. The highest BCUT2D eigenvalue weighted by atomic mass is 32.2. The van der Waals surface area contributed by atoms with E-state index in [0.717, 1.165) is 9.18 Å². The molecular formula is C16H17N5O3S3. The summed E-state index contributed by atoms with van der Waals surface area (Å²) < 4.78 is 25.2. The van der Waals surface area contributed by atoms with Crippen LogP contribution in [0.5, 0.6) is 0 Å². The van der Waals surface area contributed by atoms with Gasteiger partial charge in [-0.25, -0.2) is 17.7 Å². The van der Waals surface area contributed by atoms with E-state index < -0.39 is 10.0 Å². The van der Waals surface area contributed by atoms with Crippen molar-refractivity contribution in [1.29, 1.82) is 0 Å². The zero-order valence-electron chi connectivity index (χ0n) is 14.5. The molecule has 0 saturated carbocycles. The molecule has 142 valence electrons. The van der Waals surface area contributed by atoms with Crippen LogP contribution in [-0.2, 0) is 14.8 Å². The van der Waals surface area contributed by atoms with Gasteiger partial charge in [0.25, 0.3) is 0 Å². The maximum Gasteiger partial charge on any atom is 0.242 e. The first-order chi connectivity index (χ1) is 12.9. The van der Waals surface area contributed by atoms with Crippen LogP contribution in [-0.4, -0.2) is 53.7 Å². The number of aromatic nitrogens is 3. The monoisotopic (exact) mass is 423 g/mol. The molecule has 0 saturated heterocycles. The fourth-order valence-electron chi connectivity index (χ4n) is 2.08. The highest BCUT2D eigenvalue weighted by Crippen LogP contribution is 2.23. The number of thiophene rings is 1. The van der Waals surface area contributed by atoms with Crippen LogP contribution in [0.3, 0.4) is 0 Å². The molecule has 0 spiro atoms. The van der Waals surface area contributed by atoms with Crippen LogP contribution in [0.15, 0.2) is 51.8 Å². The Morgan fingerprint density at radius 3 is 2.63 bits per heavy atom. The lowest BCUT2D eigenvalue weighted by molar-refractivity contribution is -0.113. The molecule has 0 unspecified atom stereocenters. The largest absolute Gasteiger partial charge is 0.325 e. The molecule has 3 rings (SSSR count). The summed E-state index contributed by atoms with van der Waals surface area (Å²) >= 11 is 2.77. The lowest BCUT2D eigenvalue weighted by atomic mass is 10.3. The molecule has 2 heterocycles. The van der Waals surface area contributed by atoms with Crippen LogP contribution < -0.4 is 5.32 Å². The van der Waals surface area contributed by atoms with E-state index in [0.29, 0.717) is 16.7 Å². The van der Waals surface area contributed by atoms with Crippen molar-refractivity contribution in [2.75, 3.05) is 25.2 Å². The Balaban J connectivity index is 1.55. The summed E-state index contributed by atoms with van der Waals surface area (Å²) in [7, 11) is -0.553. The van der Waals surface area contributed by atoms with Crippen molar-refractivity contribution in [1.82, 2.24) is 19.5 Å². The third-order valence-corrected chi connectivity index (χ3v) is 7.02. The average Bonchev–Trinajstić information content (AvgIpc) is 3.32. The molecular weight excluding hydrogens is 406 g/mol. The summed E-state index contributed by atoms with van der Waals surface area (Å²) in [4.78, 5) is 17.6. The third-order valence-electron chi connectivity index (χ3n) is 3.47. The first kappa shape index (κ1) is 19.5. The van der Waals surface area contributed by atoms with Gasteiger partial charge in [0.05, 0.1) is 15.5 Å². The Kier molecular flexibility index (Phi) is 5.95. The normalized spacial score (nSPS) is 11.7. The molecule has 1 aromatic carbocycles. The standard InChI is InChI=1S/C16H17N5O3S3/c1-21(2)27(23,24)12-7-5-11(6-8-12)17-14(22)10-26-16-18-15(19-20-16)13-4-3-9-25-13/h3-9H,10H2,1-2H3,(H,17,22)(H,18,19,20). The van der Waals surface area contributed by atoms with Crippen LogP contribution in [0.2, 0.25) is 0 Å². The minimum Gasteiger partial charge on any atom is -0.325 e. The highest BCUT2D eigenvalue weighted by molar-refractivity contribution is 7.99.